The maximum Gasteiger partial charge on any atom is 0.242 e. The van der Waals surface area contributed by atoms with Gasteiger partial charge < -0.3 is 14.7 Å². The van der Waals surface area contributed by atoms with Crippen molar-refractivity contribution in [1.82, 2.24) is 9.80 Å². The van der Waals surface area contributed by atoms with Crippen LogP contribution in [-0.4, -0.2) is 60.9 Å². The van der Waals surface area contributed by atoms with Crippen LogP contribution in [-0.2, 0) is 9.59 Å². The molecule has 0 radical (unpaired) electrons. The largest absolute Gasteiger partial charge is 0.339 e. The van der Waals surface area contributed by atoms with E-state index >= 15 is 0 Å². The molecule has 0 bridgehead atoms. The summed E-state index contributed by atoms with van der Waals surface area (Å²) in [6.07, 6.45) is 0. The van der Waals surface area contributed by atoms with E-state index in [0.29, 0.717) is 0 Å². The zero-order valence-electron chi connectivity index (χ0n) is 15.6. The highest BCUT2D eigenvalue weighted by atomic mass is 16.2. The van der Waals surface area contributed by atoms with E-state index in [9.17, 15) is 9.59 Å². The van der Waals surface area contributed by atoms with Gasteiger partial charge in [0.1, 0.15) is 6.54 Å². The summed E-state index contributed by atoms with van der Waals surface area (Å²) in [4.78, 5) is 30.7. The molecular formula is C19H29N3O2. The molecule has 24 heavy (non-hydrogen) atoms. The Labute approximate surface area is 145 Å². The molecule has 0 atom stereocenters. The first-order valence-corrected chi connectivity index (χ1v) is 8.69. The van der Waals surface area contributed by atoms with E-state index in [1.807, 2.05) is 25.7 Å². The quantitative estimate of drug-likeness (QED) is 0.849. The zero-order chi connectivity index (χ0) is 17.9. The van der Waals surface area contributed by atoms with Crippen LogP contribution in [0.5, 0.6) is 0 Å². The van der Waals surface area contributed by atoms with E-state index in [1.54, 1.807) is 4.90 Å². The monoisotopic (exact) mass is 331 g/mol. The molecule has 0 unspecified atom stereocenters. The van der Waals surface area contributed by atoms with Crippen LogP contribution >= 0.6 is 0 Å². The number of hydrogen-bond acceptors (Lipinski definition) is 3. The van der Waals surface area contributed by atoms with E-state index in [2.05, 4.69) is 24.0 Å². The van der Waals surface area contributed by atoms with E-state index in [1.165, 1.54) is 12.5 Å². The maximum atomic E-state index is 12.7. The molecular weight excluding hydrogens is 302 g/mol. The van der Waals surface area contributed by atoms with Crippen LogP contribution in [0.15, 0.2) is 12.1 Å². The second kappa shape index (κ2) is 7.79. The minimum absolute atomic E-state index is 0.0281. The standard InChI is InChI=1S/C19H29N3O2/c1-6-20-7-9-21(10-8-20)18(24)13-22(17(5)23)19-15(3)11-14(2)12-16(19)4/h11-12H,6-10,13H2,1-5H3. The molecule has 1 aromatic carbocycles. The van der Waals surface area contributed by atoms with Crippen LogP contribution in [0.3, 0.4) is 0 Å². The number of aryl methyl sites for hydroxylation is 3. The fourth-order valence-corrected chi connectivity index (χ4v) is 3.49. The predicted molar refractivity (Wildman–Crippen MR) is 97.4 cm³/mol. The second-order valence-electron chi connectivity index (χ2n) is 6.67. The molecule has 0 N–H and O–H groups in total. The average Bonchev–Trinajstić information content (AvgIpc) is 2.52. The molecule has 1 saturated heterocycles. The summed E-state index contributed by atoms with van der Waals surface area (Å²) in [6.45, 7) is 14.1. The summed E-state index contributed by atoms with van der Waals surface area (Å²) < 4.78 is 0. The Morgan fingerprint density at radius 3 is 2.04 bits per heavy atom. The van der Waals surface area contributed by atoms with Crippen molar-refractivity contribution in [1.29, 1.82) is 0 Å². The molecule has 2 rings (SSSR count). The Kier molecular flexibility index (Phi) is 5.99. The molecule has 5 heteroatoms. The van der Waals surface area contributed by atoms with Gasteiger partial charge in [-0.25, -0.2) is 0 Å². The minimum Gasteiger partial charge on any atom is -0.339 e. The van der Waals surface area contributed by atoms with Crippen molar-refractivity contribution in [3.05, 3.63) is 28.8 Å². The normalized spacial score (nSPS) is 15.5. The molecule has 0 saturated carbocycles. The van der Waals surface area contributed by atoms with E-state index in [-0.39, 0.29) is 18.4 Å². The first-order valence-electron chi connectivity index (χ1n) is 8.69. The lowest BCUT2D eigenvalue weighted by atomic mass is 10.0. The van der Waals surface area contributed by atoms with Crippen LogP contribution in [0.25, 0.3) is 0 Å². The molecule has 1 heterocycles. The Morgan fingerprint density at radius 2 is 1.58 bits per heavy atom. The lowest BCUT2D eigenvalue weighted by Gasteiger charge is -2.35. The summed E-state index contributed by atoms with van der Waals surface area (Å²) in [6, 6.07) is 4.12. The summed E-state index contributed by atoms with van der Waals surface area (Å²) >= 11 is 0. The van der Waals surface area contributed by atoms with Gasteiger partial charge in [-0.3, -0.25) is 9.59 Å². The summed E-state index contributed by atoms with van der Waals surface area (Å²) in [5.74, 6) is -0.0640. The van der Waals surface area contributed by atoms with Crippen molar-refractivity contribution < 1.29 is 9.59 Å². The maximum absolute atomic E-state index is 12.7. The van der Waals surface area contributed by atoms with Gasteiger partial charge in [-0.1, -0.05) is 24.6 Å². The molecule has 132 valence electrons. The fraction of sp³-hybridized carbons (Fsp3) is 0.579. The molecule has 1 aliphatic rings. The van der Waals surface area contributed by atoms with Gasteiger partial charge in [0.15, 0.2) is 0 Å². The van der Waals surface area contributed by atoms with Gasteiger partial charge in [0.25, 0.3) is 0 Å². The number of anilines is 1. The molecule has 0 spiro atoms. The first-order chi connectivity index (χ1) is 11.3. The Morgan fingerprint density at radius 1 is 1.04 bits per heavy atom. The Balaban J connectivity index is 2.15. The van der Waals surface area contributed by atoms with E-state index < -0.39 is 0 Å². The van der Waals surface area contributed by atoms with Crippen molar-refractivity contribution >= 4 is 17.5 Å². The number of carbonyl (C=O) groups excluding carboxylic acids is 2. The molecule has 2 amide bonds. The fourth-order valence-electron chi connectivity index (χ4n) is 3.49. The van der Waals surface area contributed by atoms with Gasteiger partial charge in [-0.05, 0) is 38.4 Å². The molecule has 0 aromatic heterocycles. The van der Waals surface area contributed by atoms with Crippen molar-refractivity contribution in [2.45, 2.75) is 34.6 Å². The van der Waals surface area contributed by atoms with Crippen molar-refractivity contribution in [2.24, 2.45) is 0 Å². The van der Waals surface area contributed by atoms with Gasteiger partial charge in [0.05, 0.1) is 5.69 Å². The SMILES string of the molecule is CCN1CCN(C(=O)CN(C(C)=O)c2c(C)cc(C)cc2C)CC1. The number of nitrogens with zero attached hydrogens (tertiary/aromatic N) is 3. The van der Waals surface area contributed by atoms with Crippen molar-refractivity contribution in [3.8, 4) is 0 Å². The van der Waals surface area contributed by atoms with Gasteiger partial charge in [0, 0.05) is 33.1 Å². The third kappa shape index (κ3) is 4.15. The number of hydrogen-bond donors (Lipinski definition) is 0. The van der Waals surface area contributed by atoms with Gasteiger partial charge in [-0.15, -0.1) is 0 Å². The van der Waals surface area contributed by atoms with Crippen LogP contribution < -0.4 is 4.90 Å². The number of benzene rings is 1. The second-order valence-corrected chi connectivity index (χ2v) is 6.67. The number of carbonyl (C=O) groups is 2. The topological polar surface area (TPSA) is 43.9 Å². The lowest BCUT2D eigenvalue weighted by Crippen LogP contribution is -2.51. The highest BCUT2D eigenvalue weighted by Gasteiger charge is 2.25. The minimum atomic E-state index is -0.0920. The Hall–Kier alpha value is -1.88. The van der Waals surface area contributed by atoms with Crippen LogP contribution in [0.1, 0.15) is 30.5 Å². The molecule has 5 nitrogen and oxygen atoms in total. The van der Waals surface area contributed by atoms with E-state index in [0.717, 1.165) is 49.5 Å². The number of piperazine rings is 1. The van der Waals surface area contributed by atoms with Gasteiger partial charge in [-0.2, -0.15) is 0 Å². The molecule has 1 fully saturated rings. The first kappa shape index (κ1) is 18.5. The highest BCUT2D eigenvalue weighted by molar-refractivity contribution is 5.98. The summed E-state index contributed by atoms with van der Waals surface area (Å²) in [5, 5.41) is 0. The number of rotatable bonds is 4. The molecule has 1 aromatic rings. The summed E-state index contributed by atoms with van der Waals surface area (Å²) in [5.41, 5.74) is 4.10. The van der Waals surface area contributed by atoms with Crippen LogP contribution in [0.4, 0.5) is 5.69 Å². The van der Waals surface area contributed by atoms with Gasteiger partial charge in [0.2, 0.25) is 11.8 Å². The molecule has 0 aliphatic carbocycles. The number of amides is 2. The van der Waals surface area contributed by atoms with Crippen LogP contribution in [0.2, 0.25) is 0 Å². The van der Waals surface area contributed by atoms with E-state index in [4.69, 9.17) is 0 Å². The van der Waals surface area contributed by atoms with Crippen molar-refractivity contribution in [2.75, 3.05) is 44.2 Å². The Bertz CT molecular complexity index is 596. The van der Waals surface area contributed by atoms with Gasteiger partial charge >= 0.3 is 0 Å². The smallest absolute Gasteiger partial charge is 0.242 e. The number of likely N-dealkylation sites (N-methyl/N-ethyl adjacent to an activating group) is 1. The van der Waals surface area contributed by atoms with Crippen molar-refractivity contribution in [3.63, 3.8) is 0 Å². The third-order valence-electron chi connectivity index (χ3n) is 4.75. The summed E-state index contributed by atoms with van der Waals surface area (Å²) in [7, 11) is 0. The average molecular weight is 331 g/mol. The zero-order valence-corrected chi connectivity index (χ0v) is 15.6. The predicted octanol–water partition coefficient (Wildman–Crippen LogP) is 2.13. The highest BCUT2D eigenvalue weighted by Crippen LogP contribution is 2.26. The van der Waals surface area contributed by atoms with Crippen LogP contribution in [0, 0.1) is 20.8 Å². The molecule has 1 aliphatic heterocycles. The lowest BCUT2D eigenvalue weighted by molar-refractivity contribution is -0.132. The third-order valence-corrected chi connectivity index (χ3v) is 4.75.